The van der Waals surface area contributed by atoms with Crippen LogP contribution in [0.2, 0.25) is 23.9 Å². The van der Waals surface area contributed by atoms with Gasteiger partial charge in [0.2, 0.25) is 0 Å². The highest BCUT2D eigenvalue weighted by Gasteiger charge is 2.69. The second kappa shape index (κ2) is 6.54. The van der Waals surface area contributed by atoms with Crippen LogP contribution < -0.4 is 0 Å². The molecule has 0 amide bonds. The Labute approximate surface area is 172 Å². The van der Waals surface area contributed by atoms with Crippen LogP contribution in [0.3, 0.4) is 0 Å². The van der Waals surface area contributed by atoms with E-state index < -0.39 is 14.6 Å². The monoisotopic (exact) mass is 410 g/mol. The lowest BCUT2D eigenvalue weighted by atomic mass is 9.43. The van der Waals surface area contributed by atoms with Gasteiger partial charge in [-0.2, -0.15) is 0 Å². The van der Waals surface area contributed by atoms with E-state index in [4.69, 9.17) is 18.5 Å². The van der Waals surface area contributed by atoms with Crippen molar-refractivity contribution >= 4 is 15.4 Å². The normalized spacial score (nSPS) is 45.1. The third-order valence-electron chi connectivity index (χ3n) is 9.02. The summed E-state index contributed by atoms with van der Waals surface area (Å²) in [6.45, 7) is 18.7. The molecule has 0 aromatic rings. The summed E-state index contributed by atoms with van der Waals surface area (Å²) >= 11 is 0. The minimum absolute atomic E-state index is 0.0162. The van der Waals surface area contributed by atoms with E-state index in [0.29, 0.717) is 24.4 Å². The van der Waals surface area contributed by atoms with Gasteiger partial charge in [0.1, 0.15) is 0 Å². The van der Waals surface area contributed by atoms with Gasteiger partial charge in [-0.25, -0.2) is 0 Å². The zero-order valence-electron chi connectivity index (χ0n) is 19.0. The van der Waals surface area contributed by atoms with Crippen LogP contribution in [0, 0.1) is 17.3 Å². The SMILES string of the molecule is CC1(C)C2CC3OB([C@H]4CC(O)O[C@@H]4CO[Si](C)(C)C(C)(C)C)O[C@@]3(C)C1C2. The van der Waals surface area contributed by atoms with Crippen LogP contribution in [0.15, 0.2) is 0 Å². The second-order valence-corrected chi connectivity index (χ2v) is 16.7. The predicted molar refractivity (Wildman–Crippen MR) is 113 cm³/mol. The highest BCUT2D eigenvalue weighted by molar-refractivity contribution is 6.74. The molecular weight excluding hydrogens is 371 g/mol. The molecule has 2 aliphatic heterocycles. The molecule has 160 valence electrons. The molecule has 2 heterocycles. The molecule has 3 aliphatic carbocycles. The Kier molecular flexibility index (Phi) is 4.98. The van der Waals surface area contributed by atoms with Gasteiger partial charge in [-0.1, -0.05) is 34.6 Å². The zero-order chi connectivity index (χ0) is 20.7. The lowest BCUT2D eigenvalue weighted by Gasteiger charge is -2.64. The van der Waals surface area contributed by atoms with Crippen molar-refractivity contribution in [2.75, 3.05) is 6.61 Å². The molecule has 0 aromatic carbocycles. The molecule has 2 saturated heterocycles. The Morgan fingerprint density at radius 3 is 2.43 bits per heavy atom. The third kappa shape index (κ3) is 3.16. The Morgan fingerprint density at radius 1 is 1.14 bits per heavy atom. The van der Waals surface area contributed by atoms with Gasteiger partial charge < -0.3 is 23.6 Å². The average Bonchev–Trinajstić information content (AvgIpc) is 3.10. The lowest BCUT2D eigenvalue weighted by Crippen LogP contribution is -2.65. The first-order chi connectivity index (χ1) is 12.8. The molecule has 0 spiro atoms. The summed E-state index contributed by atoms with van der Waals surface area (Å²) in [5, 5.41) is 10.4. The summed E-state index contributed by atoms with van der Waals surface area (Å²) < 4.78 is 25.4. The average molecular weight is 410 g/mol. The van der Waals surface area contributed by atoms with E-state index in [1.54, 1.807) is 0 Å². The summed E-state index contributed by atoms with van der Waals surface area (Å²) in [4.78, 5) is 0. The summed E-state index contributed by atoms with van der Waals surface area (Å²) in [5.41, 5.74) is 0.112. The molecule has 2 bridgehead atoms. The van der Waals surface area contributed by atoms with E-state index >= 15 is 0 Å². The van der Waals surface area contributed by atoms with Crippen LogP contribution in [0.1, 0.15) is 60.8 Å². The van der Waals surface area contributed by atoms with Gasteiger partial charge in [-0.3, -0.25) is 0 Å². The van der Waals surface area contributed by atoms with Crippen molar-refractivity contribution in [3.05, 3.63) is 0 Å². The topological polar surface area (TPSA) is 57.2 Å². The van der Waals surface area contributed by atoms with Crippen LogP contribution in [0.25, 0.3) is 0 Å². The zero-order valence-corrected chi connectivity index (χ0v) is 20.0. The van der Waals surface area contributed by atoms with Crippen molar-refractivity contribution in [2.45, 2.75) is 109 Å². The van der Waals surface area contributed by atoms with Crippen LogP contribution in [-0.4, -0.2) is 51.2 Å². The number of aliphatic hydroxyl groups is 1. The van der Waals surface area contributed by atoms with E-state index in [2.05, 4.69) is 54.6 Å². The lowest BCUT2D eigenvalue weighted by molar-refractivity contribution is -0.199. The largest absolute Gasteiger partial charge is 0.463 e. The molecule has 5 aliphatic rings. The maximum Gasteiger partial charge on any atom is 0.463 e. The van der Waals surface area contributed by atoms with E-state index in [0.717, 1.165) is 12.3 Å². The Bertz CT molecular complexity index is 620. The van der Waals surface area contributed by atoms with Crippen molar-refractivity contribution in [3.63, 3.8) is 0 Å². The fourth-order valence-corrected chi connectivity index (χ4v) is 6.80. The molecule has 0 radical (unpaired) electrons. The molecule has 0 aromatic heterocycles. The van der Waals surface area contributed by atoms with Crippen molar-refractivity contribution in [2.24, 2.45) is 17.3 Å². The van der Waals surface area contributed by atoms with Crippen molar-refractivity contribution in [3.8, 4) is 0 Å². The van der Waals surface area contributed by atoms with Gasteiger partial charge in [0.15, 0.2) is 14.6 Å². The first kappa shape index (κ1) is 21.3. The second-order valence-electron chi connectivity index (χ2n) is 11.9. The van der Waals surface area contributed by atoms with Crippen molar-refractivity contribution in [1.29, 1.82) is 0 Å². The fraction of sp³-hybridized carbons (Fsp3) is 1.00. The van der Waals surface area contributed by atoms with E-state index in [1.165, 1.54) is 6.42 Å². The fourth-order valence-electron chi connectivity index (χ4n) is 5.78. The first-order valence-electron chi connectivity index (χ1n) is 11.1. The minimum Gasteiger partial charge on any atom is -0.414 e. The molecule has 1 N–H and O–H groups in total. The minimum atomic E-state index is -1.88. The molecule has 5 fully saturated rings. The number of ether oxygens (including phenoxy) is 1. The number of aliphatic hydroxyl groups excluding tert-OH is 1. The van der Waals surface area contributed by atoms with E-state index in [-0.39, 0.29) is 35.8 Å². The summed E-state index contributed by atoms with van der Waals surface area (Å²) in [7, 11) is -2.19. The smallest absolute Gasteiger partial charge is 0.414 e. The first-order valence-corrected chi connectivity index (χ1v) is 14.0. The molecule has 3 saturated carbocycles. The highest BCUT2D eigenvalue weighted by Crippen LogP contribution is 2.66. The predicted octanol–water partition coefficient (Wildman–Crippen LogP) is 4.21. The van der Waals surface area contributed by atoms with Gasteiger partial charge in [0.25, 0.3) is 0 Å². The van der Waals surface area contributed by atoms with Crippen LogP contribution in [0.5, 0.6) is 0 Å². The van der Waals surface area contributed by atoms with Crippen LogP contribution >= 0.6 is 0 Å². The van der Waals surface area contributed by atoms with Gasteiger partial charge in [0, 0.05) is 12.2 Å². The number of rotatable bonds is 4. The molecule has 4 unspecified atom stereocenters. The van der Waals surface area contributed by atoms with Crippen LogP contribution in [-0.2, 0) is 18.5 Å². The Morgan fingerprint density at radius 2 is 1.82 bits per heavy atom. The molecule has 7 atom stereocenters. The summed E-state index contributed by atoms with van der Waals surface area (Å²) in [6, 6.07) is 0. The number of hydrogen-bond acceptors (Lipinski definition) is 5. The molecular formula is C21H39BO5Si. The quantitative estimate of drug-likeness (QED) is 0.704. The van der Waals surface area contributed by atoms with Gasteiger partial charge in [-0.15, -0.1) is 0 Å². The summed E-state index contributed by atoms with van der Waals surface area (Å²) in [5.74, 6) is 1.30. The maximum atomic E-state index is 10.2. The Balaban J connectivity index is 1.45. The molecule has 7 heteroatoms. The molecule has 5 rings (SSSR count). The van der Waals surface area contributed by atoms with E-state index in [1.807, 2.05) is 0 Å². The van der Waals surface area contributed by atoms with Crippen molar-refractivity contribution in [1.82, 2.24) is 0 Å². The van der Waals surface area contributed by atoms with Gasteiger partial charge >= 0.3 is 7.12 Å². The Hall–Kier alpha value is 0.0818. The van der Waals surface area contributed by atoms with Crippen LogP contribution in [0.4, 0.5) is 0 Å². The summed E-state index contributed by atoms with van der Waals surface area (Å²) in [6.07, 6.45) is 2.10. The third-order valence-corrected chi connectivity index (χ3v) is 13.5. The molecule has 28 heavy (non-hydrogen) atoms. The number of hydrogen-bond donors (Lipinski definition) is 1. The van der Waals surface area contributed by atoms with Crippen molar-refractivity contribution < 1.29 is 23.6 Å². The molecule has 5 nitrogen and oxygen atoms in total. The maximum absolute atomic E-state index is 10.2. The van der Waals surface area contributed by atoms with Gasteiger partial charge in [-0.05, 0) is 55.1 Å². The highest BCUT2D eigenvalue weighted by atomic mass is 28.4. The standard InChI is InChI=1S/C21H39BO5Si/c1-19(2,3)28(7,8)24-12-15-14(11-18(23)25-15)22-26-17-10-13-9-16(20(13,4)5)21(17,6)27-22/h13-18,23H,9-12H2,1-8H3/t13?,14-,15+,16?,17?,18?,21-/m0/s1. The van der Waals surface area contributed by atoms with E-state index in [9.17, 15) is 5.11 Å². The van der Waals surface area contributed by atoms with Gasteiger partial charge in [0.05, 0.1) is 24.4 Å².